The van der Waals surface area contributed by atoms with Crippen LogP contribution in [0.3, 0.4) is 0 Å². The highest BCUT2D eigenvalue weighted by molar-refractivity contribution is 6.11. The van der Waals surface area contributed by atoms with E-state index in [2.05, 4.69) is 5.32 Å². The van der Waals surface area contributed by atoms with Gasteiger partial charge in [-0.1, -0.05) is 12.1 Å². The molecular weight excluding hydrogens is 386 g/mol. The molecule has 8 nitrogen and oxygen atoms in total. The number of hydrogen-bond acceptors (Lipinski definition) is 5. The molecule has 1 atom stereocenters. The lowest BCUT2D eigenvalue weighted by atomic mass is 9.98. The molecule has 2 aliphatic heterocycles. The second kappa shape index (κ2) is 7.37. The molecule has 3 amide bonds. The van der Waals surface area contributed by atoms with Gasteiger partial charge in [-0.05, 0) is 37.6 Å². The Balaban J connectivity index is 1.64. The van der Waals surface area contributed by atoms with Crippen LogP contribution in [0, 0.1) is 0 Å². The zero-order valence-corrected chi connectivity index (χ0v) is 17.1. The Morgan fingerprint density at radius 3 is 2.63 bits per heavy atom. The molecule has 0 aliphatic carbocycles. The summed E-state index contributed by atoms with van der Waals surface area (Å²) >= 11 is 0. The Morgan fingerprint density at radius 1 is 1.13 bits per heavy atom. The summed E-state index contributed by atoms with van der Waals surface area (Å²) in [6.45, 7) is 1.62. The van der Waals surface area contributed by atoms with Gasteiger partial charge in [0.15, 0.2) is 0 Å². The zero-order chi connectivity index (χ0) is 21.5. The van der Waals surface area contributed by atoms with Gasteiger partial charge >= 0.3 is 0 Å². The minimum absolute atomic E-state index is 0.0580. The molecule has 156 valence electrons. The maximum atomic E-state index is 13.2. The van der Waals surface area contributed by atoms with Crippen molar-refractivity contribution in [2.24, 2.45) is 0 Å². The van der Waals surface area contributed by atoms with Gasteiger partial charge in [0, 0.05) is 12.5 Å². The van der Waals surface area contributed by atoms with Gasteiger partial charge in [-0.3, -0.25) is 19.3 Å². The Kier molecular flexibility index (Phi) is 4.85. The van der Waals surface area contributed by atoms with Crippen LogP contribution >= 0.6 is 0 Å². The number of rotatable bonds is 5. The molecule has 2 aromatic carbocycles. The minimum atomic E-state index is -0.891. The third-order valence-corrected chi connectivity index (χ3v) is 5.73. The number of amides is 3. The van der Waals surface area contributed by atoms with Crippen LogP contribution in [-0.4, -0.2) is 49.0 Å². The van der Waals surface area contributed by atoms with E-state index in [0.717, 1.165) is 0 Å². The molecule has 1 N–H and O–H groups in total. The maximum absolute atomic E-state index is 13.2. The van der Waals surface area contributed by atoms with Gasteiger partial charge < -0.3 is 19.7 Å². The molecule has 1 saturated heterocycles. The largest absolute Gasteiger partial charge is 0.497 e. The summed E-state index contributed by atoms with van der Waals surface area (Å²) in [4.78, 5) is 41.9. The van der Waals surface area contributed by atoms with E-state index in [9.17, 15) is 14.4 Å². The highest BCUT2D eigenvalue weighted by Gasteiger charge is 2.53. The number of methoxy groups -OCH3 is 2. The van der Waals surface area contributed by atoms with E-state index >= 15 is 0 Å². The van der Waals surface area contributed by atoms with Crippen LogP contribution in [0.25, 0.3) is 0 Å². The van der Waals surface area contributed by atoms with Crippen LogP contribution in [0.5, 0.6) is 11.5 Å². The number of nitrogens with one attached hydrogen (secondary N) is 1. The maximum Gasteiger partial charge on any atom is 0.258 e. The average Bonchev–Trinajstić information content (AvgIpc) is 3.06. The predicted molar refractivity (Wildman–Crippen MR) is 111 cm³/mol. The fourth-order valence-electron chi connectivity index (χ4n) is 4.19. The molecule has 2 heterocycles. The van der Waals surface area contributed by atoms with Gasteiger partial charge in [0.2, 0.25) is 11.8 Å². The summed E-state index contributed by atoms with van der Waals surface area (Å²) in [7, 11) is 3.04. The SMILES string of the molecule is COc1ccc(OC)c(NC(=O)CN2C(=O)c3ccccc3N3C(=O)CCC23C)c1. The topological polar surface area (TPSA) is 88.2 Å². The van der Waals surface area contributed by atoms with Crippen LogP contribution in [0.15, 0.2) is 42.5 Å². The number of benzene rings is 2. The fourth-order valence-corrected chi connectivity index (χ4v) is 4.19. The number of nitrogens with zero attached hydrogens (tertiary/aromatic N) is 2. The van der Waals surface area contributed by atoms with Crippen LogP contribution in [0.2, 0.25) is 0 Å². The number of carbonyl (C=O) groups is 3. The van der Waals surface area contributed by atoms with Crippen LogP contribution in [-0.2, 0) is 9.59 Å². The van der Waals surface area contributed by atoms with Crippen molar-refractivity contribution in [2.45, 2.75) is 25.4 Å². The van der Waals surface area contributed by atoms with Crippen molar-refractivity contribution in [2.75, 3.05) is 31.0 Å². The minimum Gasteiger partial charge on any atom is -0.497 e. The predicted octanol–water partition coefficient (Wildman–Crippen LogP) is 2.64. The Morgan fingerprint density at radius 2 is 1.90 bits per heavy atom. The smallest absolute Gasteiger partial charge is 0.258 e. The van der Waals surface area contributed by atoms with E-state index in [1.807, 2.05) is 6.92 Å². The highest BCUT2D eigenvalue weighted by Crippen LogP contribution is 2.43. The molecule has 2 aliphatic rings. The fraction of sp³-hybridized carbons (Fsp3) is 0.318. The zero-order valence-electron chi connectivity index (χ0n) is 17.1. The summed E-state index contributed by atoms with van der Waals surface area (Å²) in [5.41, 5.74) is 0.560. The number of fused-ring (bicyclic) bond motifs is 3. The van der Waals surface area contributed by atoms with Crippen molar-refractivity contribution in [3.05, 3.63) is 48.0 Å². The van der Waals surface area contributed by atoms with E-state index in [1.165, 1.54) is 19.1 Å². The van der Waals surface area contributed by atoms with Crippen LogP contribution < -0.4 is 19.7 Å². The number of ether oxygens (including phenoxy) is 2. The summed E-state index contributed by atoms with van der Waals surface area (Å²) in [6, 6.07) is 12.1. The Hall–Kier alpha value is -3.55. The van der Waals surface area contributed by atoms with Gasteiger partial charge in [-0.15, -0.1) is 0 Å². The third-order valence-electron chi connectivity index (χ3n) is 5.73. The highest BCUT2D eigenvalue weighted by atomic mass is 16.5. The van der Waals surface area contributed by atoms with Crippen molar-refractivity contribution in [1.29, 1.82) is 0 Å². The van der Waals surface area contributed by atoms with E-state index < -0.39 is 11.6 Å². The van der Waals surface area contributed by atoms with Crippen LogP contribution in [0.1, 0.15) is 30.1 Å². The number of anilines is 2. The molecular formula is C22H23N3O5. The van der Waals surface area contributed by atoms with E-state index in [-0.39, 0.29) is 18.4 Å². The summed E-state index contributed by atoms with van der Waals surface area (Å²) < 4.78 is 10.5. The molecule has 0 spiro atoms. The van der Waals surface area contributed by atoms with Gasteiger partial charge in [0.25, 0.3) is 5.91 Å². The quantitative estimate of drug-likeness (QED) is 0.820. The van der Waals surface area contributed by atoms with Crippen molar-refractivity contribution in [3.63, 3.8) is 0 Å². The second-order valence-corrected chi connectivity index (χ2v) is 7.47. The third kappa shape index (κ3) is 3.04. The first kappa shape index (κ1) is 19.8. The molecule has 1 unspecified atom stereocenters. The molecule has 1 fully saturated rings. The van der Waals surface area contributed by atoms with Gasteiger partial charge in [-0.25, -0.2) is 0 Å². The number of hydrogen-bond donors (Lipinski definition) is 1. The van der Waals surface area contributed by atoms with Crippen molar-refractivity contribution >= 4 is 29.1 Å². The number of para-hydroxylation sites is 1. The summed E-state index contributed by atoms with van der Waals surface area (Å²) in [5, 5.41) is 2.80. The Bertz CT molecular complexity index is 1040. The van der Waals surface area contributed by atoms with Crippen LogP contribution in [0.4, 0.5) is 11.4 Å². The first-order valence-electron chi connectivity index (χ1n) is 9.65. The summed E-state index contributed by atoms with van der Waals surface area (Å²) in [6.07, 6.45) is 0.779. The first-order chi connectivity index (χ1) is 14.4. The molecule has 8 heteroatoms. The van der Waals surface area contributed by atoms with E-state index in [0.29, 0.717) is 41.3 Å². The van der Waals surface area contributed by atoms with E-state index in [1.54, 1.807) is 47.4 Å². The van der Waals surface area contributed by atoms with Crippen molar-refractivity contribution in [1.82, 2.24) is 4.90 Å². The lowest BCUT2D eigenvalue weighted by Crippen LogP contribution is -2.63. The normalized spacial score (nSPS) is 20.0. The molecule has 30 heavy (non-hydrogen) atoms. The van der Waals surface area contributed by atoms with Gasteiger partial charge in [0.1, 0.15) is 23.7 Å². The second-order valence-electron chi connectivity index (χ2n) is 7.47. The Labute approximate surface area is 174 Å². The molecule has 2 aromatic rings. The molecule has 0 aromatic heterocycles. The first-order valence-corrected chi connectivity index (χ1v) is 9.65. The van der Waals surface area contributed by atoms with Gasteiger partial charge in [-0.2, -0.15) is 0 Å². The summed E-state index contributed by atoms with van der Waals surface area (Å²) in [5.74, 6) is 0.316. The van der Waals surface area contributed by atoms with Crippen molar-refractivity contribution in [3.8, 4) is 11.5 Å². The lowest BCUT2D eigenvalue weighted by molar-refractivity contribution is -0.120. The standard InChI is InChI=1S/C22H23N3O5/c1-22-11-10-20(27)25(22)17-7-5-4-6-15(17)21(28)24(22)13-19(26)23-16-12-14(29-2)8-9-18(16)30-3/h4-9,12H,10-11,13H2,1-3H3,(H,23,26). The van der Waals surface area contributed by atoms with E-state index in [4.69, 9.17) is 9.47 Å². The lowest BCUT2D eigenvalue weighted by Gasteiger charge is -2.48. The molecule has 0 saturated carbocycles. The molecule has 4 rings (SSSR count). The molecule has 0 bridgehead atoms. The van der Waals surface area contributed by atoms with Crippen molar-refractivity contribution < 1.29 is 23.9 Å². The number of carbonyl (C=O) groups excluding carboxylic acids is 3. The average molecular weight is 409 g/mol. The monoisotopic (exact) mass is 409 g/mol. The molecule has 0 radical (unpaired) electrons. The van der Waals surface area contributed by atoms with Gasteiger partial charge in [0.05, 0.1) is 31.2 Å².